The molecule has 104 valence electrons. The molecule has 0 bridgehead atoms. The Balaban J connectivity index is 2.56. The maximum atomic E-state index is 11.5. The molecule has 0 heterocycles. The molecule has 0 aromatic heterocycles. The van der Waals surface area contributed by atoms with Crippen LogP contribution in [0.15, 0.2) is 18.2 Å². The highest BCUT2D eigenvalue weighted by molar-refractivity contribution is 6.42. The van der Waals surface area contributed by atoms with E-state index in [0.29, 0.717) is 10.7 Å². The third-order valence-corrected chi connectivity index (χ3v) is 2.97. The van der Waals surface area contributed by atoms with Crippen LogP contribution in [0.2, 0.25) is 10.0 Å². The molecule has 1 aromatic rings. The SMILES string of the molecule is CC(O)(CNC(=O)Nc1ccc(Cl)c(Cl)c1)C(=O)O. The molecule has 2 amide bonds. The van der Waals surface area contributed by atoms with Crippen molar-refractivity contribution < 1.29 is 19.8 Å². The second-order valence-electron chi connectivity index (χ2n) is 4.02. The lowest BCUT2D eigenvalue weighted by Crippen LogP contribution is -2.47. The summed E-state index contributed by atoms with van der Waals surface area (Å²) in [5.41, 5.74) is -1.64. The highest BCUT2D eigenvalue weighted by Crippen LogP contribution is 2.24. The number of carboxylic acids is 1. The number of rotatable bonds is 4. The van der Waals surface area contributed by atoms with Crippen molar-refractivity contribution in [2.24, 2.45) is 0 Å². The van der Waals surface area contributed by atoms with Gasteiger partial charge in [0.05, 0.1) is 16.6 Å². The lowest BCUT2D eigenvalue weighted by atomic mass is 10.1. The van der Waals surface area contributed by atoms with Crippen LogP contribution in [0.25, 0.3) is 0 Å². The molecule has 1 unspecified atom stereocenters. The Morgan fingerprint density at radius 3 is 2.47 bits per heavy atom. The van der Waals surface area contributed by atoms with Gasteiger partial charge in [-0.3, -0.25) is 0 Å². The minimum absolute atomic E-state index is 0.275. The highest BCUT2D eigenvalue weighted by atomic mass is 35.5. The van der Waals surface area contributed by atoms with Crippen LogP contribution in [0.5, 0.6) is 0 Å². The maximum absolute atomic E-state index is 11.5. The number of carbonyl (C=O) groups excluding carboxylic acids is 1. The zero-order valence-corrected chi connectivity index (χ0v) is 11.4. The van der Waals surface area contributed by atoms with Gasteiger partial charge in [0.1, 0.15) is 0 Å². The van der Waals surface area contributed by atoms with Crippen molar-refractivity contribution in [3.63, 3.8) is 0 Å². The van der Waals surface area contributed by atoms with E-state index < -0.39 is 24.1 Å². The number of urea groups is 1. The van der Waals surface area contributed by atoms with Gasteiger partial charge in [-0.25, -0.2) is 9.59 Å². The molecule has 4 N–H and O–H groups in total. The smallest absolute Gasteiger partial charge is 0.337 e. The average Bonchev–Trinajstić information content (AvgIpc) is 2.31. The fourth-order valence-corrected chi connectivity index (χ4v) is 1.38. The molecule has 19 heavy (non-hydrogen) atoms. The Labute approximate surface area is 119 Å². The summed E-state index contributed by atoms with van der Waals surface area (Å²) >= 11 is 11.5. The summed E-state index contributed by atoms with van der Waals surface area (Å²) in [6.45, 7) is 0.643. The second kappa shape index (κ2) is 6.10. The molecular formula is C11H12Cl2N2O4. The molecule has 1 aromatic carbocycles. The standard InChI is InChI=1S/C11H12Cl2N2O4/c1-11(19,9(16)17)5-14-10(18)15-6-2-3-7(12)8(13)4-6/h2-4,19H,5H2,1H3,(H,16,17)(H2,14,15,18). The van der Waals surface area contributed by atoms with E-state index in [-0.39, 0.29) is 5.02 Å². The van der Waals surface area contributed by atoms with Gasteiger partial charge in [-0.1, -0.05) is 23.2 Å². The summed E-state index contributed by atoms with van der Waals surface area (Å²) in [5.74, 6) is -1.43. The fraction of sp³-hybridized carbons (Fsp3) is 0.273. The third kappa shape index (κ3) is 4.59. The van der Waals surface area contributed by atoms with E-state index in [4.69, 9.17) is 28.3 Å². The summed E-state index contributed by atoms with van der Waals surface area (Å²) in [4.78, 5) is 22.1. The zero-order valence-electron chi connectivity index (χ0n) is 9.91. The molecule has 0 aliphatic heterocycles. The topological polar surface area (TPSA) is 98.7 Å². The molecule has 0 spiro atoms. The number of hydrogen-bond acceptors (Lipinski definition) is 3. The van der Waals surface area contributed by atoms with Gasteiger partial charge in [0.25, 0.3) is 0 Å². The van der Waals surface area contributed by atoms with E-state index >= 15 is 0 Å². The van der Waals surface area contributed by atoms with Crippen LogP contribution in [-0.4, -0.2) is 34.4 Å². The first-order valence-corrected chi connectivity index (χ1v) is 5.93. The van der Waals surface area contributed by atoms with Gasteiger partial charge in [-0.05, 0) is 25.1 Å². The first-order chi connectivity index (χ1) is 8.72. The number of benzene rings is 1. The lowest BCUT2D eigenvalue weighted by molar-refractivity contribution is -0.155. The fourth-order valence-electron chi connectivity index (χ4n) is 1.08. The highest BCUT2D eigenvalue weighted by Gasteiger charge is 2.30. The van der Waals surface area contributed by atoms with Crippen molar-refractivity contribution >= 4 is 40.9 Å². The van der Waals surface area contributed by atoms with Gasteiger partial charge in [0.15, 0.2) is 5.60 Å². The number of hydrogen-bond donors (Lipinski definition) is 4. The first-order valence-electron chi connectivity index (χ1n) is 5.18. The van der Waals surface area contributed by atoms with Crippen molar-refractivity contribution in [2.75, 3.05) is 11.9 Å². The van der Waals surface area contributed by atoms with Crippen LogP contribution in [0.1, 0.15) is 6.92 Å². The minimum Gasteiger partial charge on any atom is -0.479 e. The molecule has 0 saturated heterocycles. The van der Waals surface area contributed by atoms with Crippen molar-refractivity contribution in [2.45, 2.75) is 12.5 Å². The predicted octanol–water partition coefficient (Wildman–Crippen LogP) is 1.95. The Morgan fingerprint density at radius 2 is 1.95 bits per heavy atom. The summed E-state index contributed by atoms with van der Waals surface area (Å²) in [6.07, 6.45) is 0. The second-order valence-corrected chi connectivity index (χ2v) is 4.83. The zero-order chi connectivity index (χ0) is 14.6. The van der Waals surface area contributed by atoms with Crippen LogP contribution >= 0.6 is 23.2 Å². The van der Waals surface area contributed by atoms with Gasteiger partial charge in [0, 0.05) is 5.69 Å². The number of carboxylic acid groups (broad SMARTS) is 1. The molecule has 0 aliphatic carbocycles. The molecule has 1 atom stereocenters. The number of carbonyl (C=O) groups is 2. The predicted molar refractivity (Wildman–Crippen MR) is 71.7 cm³/mol. The summed E-state index contributed by atoms with van der Waals surface area (Å²) in [6, 6.07) is 3.81. The maximum Gasteiger partial charge on any atom is 0.337 e. The van der Waals surface area contributed by atoms with Crippen molar-refractivity contribution in [3.8, 4) is 0 Å². The quantitative estimate of drug-likeness (QED) is 0.683. The van der Waals surface area contributed by atoms with Gasteiger partial charge in [-0.15, -0.1) is 0 Å². The van der Waals surface area contributed by atoms with Crippen LogP contribution in [0.4, 0.5) is 10.5 Å². The Bertz CT molecular complexity index is 505. The average molecular weight is 307 g/mol. The lowest BCUT2D eigenvalue weighted by Gasteiger charge is -2.18. The van der Waals surface area contributed by atoms with E-state index in [0.717, 1.165) is 6.92 Å². The minimum atomic E-state index is -2.03. The summed E-state index contributed by atoms with van der Waals surface area (Å²) in [5, 5.41) is 23.3. The number of aliphatic hydroxyl groups is 1. The summed E-state index contributed by atoms with van der Waals surface area (Å²) in [7, 11) is 0. The van der Waals surface area contributed by atoms with E-state index in [9.17, 15) is 14.7 Å². The number of anilines is 1. The molecule has 6 nitrogen and oxygen atoms in total. The molecule has 0 radical (unpaired) electrons. The molecular weight excluding hydrogens is 295 g/mol. The van der Waals surface area contributed by atoms with Crippen LogP contribution < -0.4 is 10.6 Å². The monoisotopic (exact) mass is 306 g/mol. The molecule has 1 rings (SSSR count). The van der Waals surface area contributed by atoms with E-state index in [2.05, 4.69) is 10.6 Å². The van der Waals surface area contributed by atoms with E-state index in [1.807, 2.05) is 0 Å². The van der Waals surface area contributed by atoms with Gasteiger partial charge < -0.3 is 20.8 Å². The van der Waals surface area contributed by atoms with Gasteiger partial charge in [0.2, 0.25) is 0 Å². The summed E-state index contributed by atoms with van der Waals surface area (Å²) < 4.78 is 0. The molecule has 0 aliphatic rings. The van der Waals surface area contributed by atoms with Crippen molar-refractivity contribution in [3.05, 3.63) is 28.2 Å². The number of halogens is 2. The normalized spacial score (nSPS) is 13.5. The van der Waals surface area contributed by atoms with Crippen LogP contribution in [0.3, 0.4) is 0 Å². The molecule has 8 heteroatoms. The largest absolute Gasteiger partial charge is 0.479 e. The Morgan fingerprint density at radius 1 is 1.32 bits per heavy atom. The van der Waals surface area contributed by atoms with Crippen LogP contribution in [-0.2, 0) is 4.79 Å². The van der Waals surface area contributed by atoms with E-state index in [1.165, 1.54) is 18.2 Å². The van der Waals surface area contributed by atoms with Gasteiger partial charge >= 0.3 is 12.0 Å². The number of aliphatic carboxylic acids is 1. The number of amides is 2. The van der Waals surface area contributed by atoms with Crippen molar-refractivity contribution in [1.82, 2.24) is 5.32 Å². The number of nitrogens with one attached hydrogen (secondary N) is 2. The van der Waals surface area contributed by atoms with E-state index in [1.54, 1.807) is 0 Å². The Hall–Kier alpha value is -1.50. The third-order valence-electron chi connectivity index (χ3n) is 2.23. The van der Waals surface area contributed by atoms with Gasteiger partial charge in [-0.2, -0.15) is 0 Å². The molecule has 0 saturated carbocycles. The molecule has 0 fully saturated rings. The Kier molecular flexibility index (Phi) is 4.99. The van der Waals surface area contributed by atoms with Crippen molar-refractivity contribution in [1.29, 1.82) is 0 Å². The van der Waals surface area contributed by atoms with Crippen LogP contribution in [0, 0.1) is 0 Å². The first kappa shape index (κ1) is 15.6.